The minimum Gasteiger partial charge on any atom is -0.464 e. The fraction of sp³-hybridized carbons (Fsp3) is 0.850. The van der Waals surface area contributed by atoms with Gasteiger partial charge in [0.05, 0.1) is 12.7 Å². The molecule has 8 heteroatoms. The highest BCUT2D eigenvalue weighted by molar-refractivity contribution is 5.90. The number of hydrogen-bond acceptors (Lipinski definition) is 6. The Hall–Kier alpha value is -1.83. The molecule has 0 unspecified atom stereocenters. The number of amides is 2. The molecule has 2 aliphatic rings. The van der Waals surface area contributed by atoms with E-state index in [1.165, 1.54) is 4.90 Å². The van der Waals surface area contributed by atoms with Gasteiger partial charge in [0, 0.05) is 6.04 Å². The molecule has 28 heavy (non-hydrogen) atoms. The zero-order valence-corrected chi connectivity index (χ0v) is 17.4. The zero-order valence-electron chi connectivity index (χ0n) is 17.4. The van der Waals surface area contributed by atoms with Crippen molar-refractivity contribution >= 4 is 18.0 Å². The van der Waals surface area contributed by atoms with Crippen molar-refractivity contribution in [3.05, 3.63) is 0 Å². The summed E-state index contributed by atoms with van der Waals surface area (Å²) in [7, 11) is 0. The third kappa shape index (κ3) is 6.09. The van der Waals surface area contributed by atoms with E-state index >= 15 is 0 Å². The molecule has 2 N–H and O–H groups in total. The number of nitrogens with one attached hydrogen (secondary N) is 1. The first-order valence-electron chi connectivity index (χ1n) is 10.3. The van der Waals surface area contributed by atoms with E-state index in [4.69, 9.17) is 9.47 Å². The lowest BCUT2D eigenvalue weighted by molar-refractivity contribution is -0.156. The molecule has 4 atom stereocenters. The third-order valence-electron chi connectivity index (χ3n) is 5.09. The summed E-state index contributed by atoms with van der Waals surface area (Å²) in [6.07, 6.45) is 2.70. The van der Waals surface area contributed by atoms with Crippen LogP contribution >= 0.6 is 0 Å². The Kier molecular flexibility index (Phi) is 7.69. The van der Waals surface area contributed by atoms with Gasteiger partial charge in [-0.25, -0.2) is 9.59 Å². The molecule has 0 saturated carbocycles. The summed E-state index contributed by atoms with van der Waals surface area (Å²) >= 11 is 0. The van der Waals surface area contributed by atoms with E-state index < -0.39 is 35.9 Å². The Labute approximate surface area is 166 Å². The van der Waals surface area contributed by atoms with Crippen molar-refractivity contribution in [2.24, 2.45) is 0 Å². The lowest BCUT2D eigenvalue weighted by Gasteiger charge is -2.36. The van der Waals surface area contributed by atoms with Gasteiger partial charge < -0.3 is 24.8 Å². The number of rotatable bonds is 5. The van der Waals surface area contributed by atoms with Gasteiger partial charge in [-0.2, -0.15) is 0 Å². The number of nitrogens with zero attached hydrogens (tertiary/aromatic N) is 1. The number of carbonyl (C=O) groups is 3. The van der Waals surface area contributed by atoms with E-state index in [0.717, 1.165) is 12.8 Å². The Morgan fingerprint density at radius 2 is 1.93 bits per heavy atom. The van der Waals surface area contributed by atoms with Crippen LogP contribution in [0.15, 0.2) is 0 Å². The van der Waals surface area contributed by atoms with Gasteiger partial charge in [0.2, 0.25) is 5.91 Å². The van der Waals surface area contributed by atoms with Crippen LogP contribution in [0.1, 0.15) is 72.6 Å². The smallest absolute Gasteiger partial charge is 0.408 e. The van der Waals surface area contributed by atoms with Gasteiger partial charge in [0.1, 0.15) is 17.7 Å². The minimum absolute atomic E-state index is 0.227. The van der Waals surface area contributed by atoms with Crippen molar-refractivity contribution in [3.63, 3.8) is 0 Å². The molecule has 2 heterocycles. The van der Waals surface area contributed by atoms with Crippen LogP contribution in [0, 0.1) is 0 Å². The minimum atomic E-state index is -0.837. The Bertz CT molecular complexity index is 574. The number of alkyl carbamates (subject to hydrolysis) is 1. The van der Waals surface area contributed by atoms with E-state index in [0.29, 0.717) is 38.7 Å². The molecule has 0 radical (unpaired) electrons. The topological polar surface area (TPSA) is 105 Å². The zero-order chi connectivity index (χ0) is 20.9. The van der Waals surface area contributed by atoms with Crippen LogP contribution in [-0.2, 0) is 19.1 Å². The highest BCUT2D eigenvalue weighted by Gasteiger charge is 2.46. The molecule has 8 nitrogen and oxygen atoms in total. The molecule has 0 bridgehead atoms. The normalized spacial score (nSPS) is 28.2. The largest absolute Gasteiger partial charge is 0.464 e. The molecule has 0 aromatic carbocycles. The summed E-state index contributed by atoms with van der Waals surface area (Å²) in [5.74, 6) is -0.715. The molecule has 2 aliphatic heterocycles. The Balaban J connectivity index is 2.13. The third-order valence-corrected chi connectivity index (χ3v) is 5.09. The number of hydrogen-bond donors (Lipinski definition) is 2. The highest BCUT2D eigenvalue weighted by Crippen LogP contribution is 2.32. The molecular formula is C20H34N2O6. The second-order valence-corrected chi connectivity index (χ2v) is 8.68. The molecule has 2 rings (SSSR count). The van der Waals surface area contributed by atoms with Crippen molar-refractivity contribution < 1.29 is 29.0 Å². The number of carbonyl (C=O) groups excluding carboxylic acids is 3. The van der Waals surface area contributed by atoms with E-state index in [1.54, 1.807) is 20.8 Å². The van der Waals surface area contributed by atoms with Crippen LogP contribution in [0.4, 0.5) is 4.79 Å². The standard InChI is InChI=1S/C20H34N2O6/c1-5-6-11-27-18(25)16-10-7-13-12-14(23)8-9-15(17(24)22(13)16)21-19(26)28-20(2,3)4/h13-16,23H,5-12H2,1-4H3,(H,21,26)/t13-,14-,15+,16+/m1/s1. The first-order valence-corrected chi connectivity index (χ1v) is 10.3. The Morgan fingerprint density at radius 1 is 1.21 bits per heavy atom. The van der Waals surface area contributed by atoms with Crippen LogP contribution in [0.2, 0.25) is 0 Å². The maximum atomic E-state index is 13.2. The fourth-order valence-corrected chi connectivity index (χ4v) is 3.77. The van der Waals surface area contributed by atoms with Crippen LogP contribution in [-0.4, -0.2) is 64.4 Å². The van der Waals surface area contributed by atoms with Gasteiger partial charge in [-0.05, 0) is 59.3 Å². The lowest BCUT2D eigenvalue weighted by atomic mass is 9.96. The van der Waals surface area contributed by atoms with Crippen molar-refractivity contribution in [2.75, 3.05) is 6.61 Å². The summed E-state index contributed by atoms with van der Waals surface area (Å²) in [6, 6.07) is -1.73. The van der Waals surface area contributed by atoms with E-state index in [-0.39, 0.29) is 11.9 Å². The second-order valence-electron chi connectivity index (χ2n) is 8.68. The van der Waals surface area contributed by atoms with Crippen LogP contribution in [0.5, 0.6) is 0 Å². The molecule has 0 spiro atoms. The lowest BCUT2D eigenvalue weighted by Crippen LogP contribution is -2.56. The quantitative estimate of drug-likeness (QED) is 0.543. The number of fused-ring (bicyclic) bond motifs is 1. The van der Waals surface area contributed by atoms with Gasteiger partial charge in [-0.1, -0.05) is 13.3 Å². The maximum absolute atomic E-state index is 13.2. The van der Waals surface area contributed by atoms with Crippen molar-refractivity contribution in [1.82, 2.24) is 10.2 Å². The fourth-order valence-electron chi connectivity index (χ4n) is 3.77. The van der Waals surface area contributed by atoms with Crippen molar-refractivity contribution in [1.29, 1.82) is 0 Å². The van der Waals surface area contributed by atoms with E-state index in [1.807, 2.05) is 6.92 Å². The number of ether oxygens (including phenoxy) is 2. The average Bonchev–Trinajstić information content (AvgIpc) is 2.98. The second kappa shape index (κ2) is 9.58. The number of unbranched alkanes of at least 4 members (excludes halogenated alkanes) is 1. The summed E-state index contributed by atoms with van der Waals surface area (Å²) < 4.78 is 10.6. The first-order chi connectivity index (χ1) is 13.1. The number of aliphatic hydroxyl groups excluding tert-OH is 1. The average molecular weight is 399 g/mol. The molecule has 2 saturated heterocycles. The molecule has 0 aromatic heterocycles. The molecule has 0 aliphatic carbocycles. The summed E-state index contributed by atoms with van der Waals surface area (Å²) in [5.41, 5.74) is -0.684. The van der Waals surface area contributed by atoms with Gasteiger partial charge >= 0.3 is 12.1 Å². The SMILES string of the molecule is CCCCOC(=O)[C@@H]1CC[C@@H]2C[C@H](O)CC[C@H](NC(=O)OC(C)(C)C)C(=O)N21. The van der Waals surface area contributed by atoms with Crippen molar-refractivity contribution in [3.8, 4) is 0 Å². The summed E-state index contributed by atoms with van der Waals surface area (Å²) in [5, 5.41) is 12.9. The monoisotopic (exact) mass is 398 g/mol. The van der Waals surface area contributed by atoms with Gasteiger partial charge in [0.15, 0.2) is 0 Å². The van der Waals surface area contributed by atoms with Crippen LogP contribution in [0.3, 0.4) is 0 Å². The van der Waals surface area contributed by atoms with E-state index in [9.17, 15) is 19.5 Å². The van der Waals surface area contributed by atoms with Crippen molar-refractivity contribution in [2.45, 2.75) is 102 Å². The van der Waals surface area contributed by atoms with Gasteiger partial charge in [0.25, 0.3) is 0 Å². The molecule has 2 fully saturated rings. The van der Waals surface area contributed by atoms with Gasteiger partial charge in [-0.15, -0.1) is 0 Å². The maximum Gasteiger partial charge on any atom is 0.408 e. The summed E-state index contributed by atoms with van der Waals surface area (Å²) in [4.78, 5) is 39.4. The first kappa shape index (κ1) is 22.5. The van der Waals surface area contributed by atoms with Crippen LogP contribution < -0.4 is 5.32 Å². The van der Waals surface area contributed by atoms with Gasteiger partial charge in [-0.3, -0.25) is 4.79 Å². The molecule has 2 amide bonds. The number of esters is 1. The predicted octanol–water partition coefficient (Wildman–Crippen LogP) is 2.13. The number of aliphatic hydroxyl groups is 1. The predicted molar refractivity (Wildman–Crippen MR) is 103 cm³/mol. The molecular weight excluding hydrogens is 364 g/mol. The molecule has 160 valence electrons. The Morgan fingerprint density at radius 3 is 2.57 bits per heavy atom. The van der Waals surface area contributed by atoms with E-state index in [2.05, 4.69) is 5.32 Å². The highest BCUT2D eigenvalue weighted by atomic mass is 16.6. The molecule has 0 aromatic rings. The summed E-state index contributed by atoms with van der Waals surface area (Å²) in [6.45, 7) is 7.58. The van der Waals surface area contributed by atoms with Crippen LogP contribution in [0.25, 0.3) is 0 Å².